The third-order valence-corrected chi connectivity index (χ3v) is 8.75. The van der Waals surface area contributed by atoms with Crippen LogP contribution in [-0.4, -0.2) is 59.3 Å². The second-order valence-electron chi connectivity index (χ2n) is 10.6. The van der Waals surface area contributed by atoms with Gasteiger partial charge >= 0.3 is 0 Å². The highest BCUT2D eigenvalue weighted by Crippen LogP contribution is 2.37. The highest BCUT2D eigenvalue weighted by molar-refractivity contribution is 7.89. The molecule has 2 atom stereocenters. The fourth-order valence-electron chi connectivity index (χ4n) is 5.32. The highest BCUT2D eigenvalue weighted by Gasteiger charge is 2.43. The molecular formula is C25H29ClFN5O3S. The van der Waals surface area contributed by atoms with Crippen LogP contribution in [0.2, 0.25) is 5.02 Å². The van der Waals surface area contributed by atoms with Gasteiger partial charge in [0.15, 0.2) is 0 Å². The van der Waals surface area contributed by atoms with Crippen LogP contribution < -0.4 is 9.62 Å². The van der Waals surface area contributed by atoms with Gasteiger partial charge in [0.05, 0.1) is 27.2 Å². The Morgan fingerprint density at radius 1 is 1.14 bits per heavy atom. The Balaban J connectivity index is 1.51. The molecule has 2 fully saturated rings. The minimum atomic E-state index is -3.77. The Bertz CT molecular complexity index is 1450. The lowest BCUT2D eigenvalue weighted by Crippen LogP contribution is -2.56. The van der Waals surface area contributed by atoms with Gasteiger partial charge in [-0.05, 0) is 70.9 Å². The van der Waals surface area contributed by atoms with Gasteiger partial charge in [0, 0.05) is 30.7 Å². The summed E-state index contributed by atoms with van der Waals surface area (Å²) < 4.78 is 44.6. The van der Waals surface area contributed by atoms with E-state index in [-0.39, 0.29) is 33.5 Å². The number of pyridine rings is 1. The number of fused-ring (bicyclic) bond motifs is 3. The minimum absolute atomic E-state index is 0.00884. The van der Waals surface area contributed by atoms with Gasteiger partial charge in [-0.2, -0.15) is 0 Å². The van der Waals surface area contributed by atoms with E-state index < -0.39 is 21.4 Å². The number of aryl methyl sites for hydroxylation is 1. The molecule has 2 aromatic heterocycles. The molecular weight excluding hydrogens is 505 g/mol. The number of hydrogen-bond acceptors (Lipinski definition) is 5. The minimum Gasteiger partial charge on any atom is -0.348 e. The van der Waals surface area contributed by atoms with Gasteiger partial charge in [0.1, 0.15) is 17.5 Å². The summed E-state index contributed by atoms with van der Waals surface area (Å²) in [7, 11) is -3.77. The molecule has 2 bridgehead atoms. The summed E-state index contributed by atoms with van der Waals surface area (Å²) in [5.41, 5.74) is 0.337. The molecule has 8 nitrogen and oxygen atoms in total. The zero-order chi connectivity index (χ0) is 26.0. The fourth-order valence-corrected chi connectivity index (χ4v) is 7.03. The lowest BCUT2D eigenvalue weighted by Gasteiger charge is -2.42. The number of rotatable bonds is 4. The molecule has 192 valence electrons. The zero-order valence-corrected chi connectivity index (χ0v) is 22.2. The molecule has 4 heterocycles. The molecule has 0 spiro atoms. The summed E-state index contributed by atoms with van der Waals surface area (Å²) in [6.07, 6.45) is 3.39. The van der Waals surface area contributed by atoms with E-state index in [1.165, 1.54) is 12.1 Å². The first kappa shape index (κ1) is 25.0. The number of sulfonamides is 1. The van der Waals surface area contributed by atoms with E-state index in [9.17, 15) is 17.6 Å². The third kappa shape index (κ3) is 4.46. The lowest BCUT2D eigenvalue weighted by atomic mass is 10.1. The summed E-state index contributed by atoms with van der Waals surface area (Å²) >= 11 is 6.16. The Kier molecular flexibility index (Phi) is 6.04. The number of halogens is 2. The van der Waals surface area contributed by atoms with Crippen LogP contribution in [-0.2, 0) is 10.0 Å². The number of nitrogens with one attached hydrogen (secondary N) is 1. The van der Waals surface area contributed by atoms with Crippen LogP contribution >= 0.6 is 11.6 Å². The highest BCUT2D eigenvalue weighted by atomic mass is 35.5. The van der Waals surface area contributed by atoms with E-state index in [2.05, 4.69) is 14.6 Å². The van der Waals surface area contributed by atoms with E-state index in [1.807, 2.05) is 11.3 Å². The van der Waals surface area contributed by atoms with Crippen LogP contribution in [0, 0.1) is 12.7 Å². The molecule has 1 amide bonds. The van der Waals surface area contributed by atoms with Gasteiger partial charge in [-0.15, -0.1) is 0 Å². The molecule has 11 heteroatoms. The molecule has 2 aliphatic heterocycles. The molecule has 0 unspecified atom stereocenters. The maximum absolute atomic E-state index is 13.5. The van der Waals surface area contributed by atoms with Crippen molar-refractivity contribution >= 4 is 38.9 Å². The lowest BCUT2D eigenvalue weighted by molar-refractivity contribution is 0.0717. The molecule has 1 aromatic carbocycles. The van der Waals surface area contributed by atoms with Crippen molar-refractivity contribution in [3.8, 4) is 0 Å². The number of anilines is 1. The topological polar surface area (TPSA) is 87.0 Å². The van der Waals surface area contributed by atoms with E-state index in [4.69, 9.17) is 11.6 Å². The van der Waals surface area contributed by atoms with Gasteiger partial charge in [0.25, 0.3) is 5.91 Å². The number of benzene rings is 1. The third-order valence-electron chi connectivity index (χ3n) is 6.70. The number of nitrogens with zero attached hydrogens (tertiary/aromatic N) is 4. The molecule has 2 aliphatic rings. The van der Waals surface area contributed by atoms with Crippen molar-refractivity contribution in [3.05, 3.63) is 58.8 Å². The SMILES string of the molecule is Cc1ncc2cc(S(=O)(=O)NC(C)(C)C)cc(N3[C@@H]4CC[C@H]3CN(C(=O)c3ccc(F)cc3Cl)C4)n12. The predicted molar refractivity (Wildman–Crippen MR) is 137 cm³/mol. The predicted octanol–water partition coefficient (Wildman–Crippen LogP) is 4.01. The number of carbonyl (C=O) groups excluding carboxylic acids is 1. The standard InChI is InChI=1S/C25H29ClFN5O3S/c1-15-28-12-19-10-20(36(34,35)29-25(2,3)4)11-23(31(15)19)32-17-6-7-18(32)14-30(13-17)24(33)21-8-5-16(27)9-22(21)26/h5,8-12,17-18,29H,6-7,13-14H2,1-4H3/t17-,18+. The van der Waals surface area contributed by atoms with Crippen LogP contribution in [0.4, 0.5) is 10.2 Å². The molecule has 5 rings (SSSR count). The summed E-state index contributed by atoms with van der Waals surface area (Å²) in [4.78, 5) is 21.8. The summed E-state index contributed by atoms with van der Waals surface area (Å²) in [6.45, 7) is 8.20. The number of amides is 1. The van der Waals surface area contributed by atoms with E-state index in [1.54, 1.807) is 44.0 Å². The number of hydrogen-bond donors (Lipinski definition) is 1. The van der Waals surface area contributed by atoms with Gasteiger partial charge in [0.2, 0.25) is 10.0 Å². The zero-order valence-electron chi connectivity index (χ0n) is 20.6. The first-order chi connectivity index (χ1) is 16.8. The Morgan fingerprint density at radius 2 is 1.81 bits per heavy atom. The first-order valence-electron chi connectivity index (χ1n) is 11.9. The van der Waals surface area contributed by atoms with E-state index >= 15 is 0 Å². The number of likely N-dealkylation sites (tertiary alicyclic amines) is 1. The molecule has 1 N–H and O–H groups in total. The smallest absolute Gasteiger partial charge is 0.255 e. The Labute approximate surface area is 215 Å². The largest absolute Gasteiger partial charge is 0.348 e. The average Bonchev–Trinajstić information content (AvgIpc) is 3.27. The van der Waals surface area contributed by atoms with Gasteiger partial charge in [-0.25, -0.2) is 22.5 Å². The van der Waals surface area contributed by atoms with E-state index in [0.29, 0.717) is 18.6 Å². The maximum atomic E-state index is 13.5. The van der Waals surface area contributed by atoms with Crippen LogP contribution in [0.15, 0.2) is 41.4 Å². The molecule has 36 heavy (non-hydrogen) atoms. The van der Waals surface area contributed by atoms with Crippen LogP contribution in [0.3, 0.4) is 0 Å². The number of aromatic nitrogens is 2. The normalized spacial score (nSPS) is 20.4. The summed E-state index contributed by atoms with van der Waals surface area (Å²) in [5, 5.41) is 0.0924. The first-order valence-corrected chi connectivity index (χ1v) is 13.7. The van der Waals surface area contributed by atoms with Crippen LogP contribution in [0.25, 0.3) is 5.52 Å². The van der Waals surface area contributed by atoms with E-state index in [0.717, 1.165) is 30.6 Å². The maximum Gasteiger partial charge on any atom is 0.255 e. The van der Waals surface area contributed by atoms with Gasteiger partial charge in [-0.1, -0.05) is 11.6 Å². The fraction of sp³-hybridized carbons (Fsp3) is 0.440. The average molecular weight is 534 g/mol. The van der Waals surface area contributed by atoms with Crippen molar-refractivity contribution in [1.29, 1.82) is 0 Å². The molecule has 0 aliphatic carbocycles. The number of carbonyl (C=O) groups is 1. The monoisotopic (exact) mass is 533 g/mol. The van der Waals surface area contributed by atoms with Crippen LogP contribution in [0.1, 0.15) is 49.8 Å². The quantitative estimate of drug-likeness (QED) is 0.547. The van der Waals surface area contributed by atoms with Crippen molar-refractivity contribution in [1.82, 2.24) is 19.0 Å². The van der Waals surface area contributed by atoms with Crippen molar-refractivity contribution in [2.24, 2.45) is 0 Å². The number of imidazole rings is 1. The van der Waals surface area contributed by atoms with Crippen molar-refractivity contribution < 1.29 is 17.6 Å². The van der Waals surface area contributed by atoms with Crippen LogP contribution in [0.5, 0.6) is 0 Å². The van der Waals surface area contributed by atoms with Crippen molar-refractivity contribution in [2.75, 3.05) is 18.0 Å². The Morgan fingerprint density at radius 3 is 2.42 bits per heavy atom. The van der Waals surface area contributed by atoms with Crippen molar-refractivity contribution in [3.63, 3.8) is 0 Å². The van der Waals surface area contributed by atoms with Gasteiger partial charge in [-0.3, -0.25) is 9.20 Å². The Hall–Kier alpha value is -2.69. The molecule has 2 saturated heterocycles. The molecule has 0 saturated carbocycles. The second kappa shape index (κ2) is 8.71. The molecule has 3 aromatic rings. The molecule has 0 radical (unpaired) electrons. The van der Waals surface area contributed by atoms with Crippen molar-refractivity contribution in [2.45, 2.75) is 63.1 Å². The van der Waals surface area contributed by atoms with Gasteiger partial charge < -0.3 is 9.80 Å². The second-order valence-corrected chi connectivity index (χ2v) is 12.7. The summed E-state index contributed by atoms with van der Waals surface area (Å²) in [5.74, 6) is 0.781. The number of piperazine rings is 1. The summed E-state index contributed by atoms with van der Waals surface area (Å²) in [6, 6.07) is 7.13.